The molecule has 0 saturated heterocycles. The average molecular weight is 332 g/mol. The number of carboxylic acid groups (broad SMARTS) is 1. The molecule has 0 aliphatic rings. The van der Waals surface area contributed by atoms with Crippen molar-refractivity contribution in [1.29, 1.82) is 0 Å². The summed E-state index contributed by atoms with van der Waals surface area (Å²) in [5.74, 6) is -3.30. The van der Waals surface area contributed by atoms with Gasteiger partial charge in [-0.3, -0.25) is 9.59 Å². The molecule has 2 rings (SSSR count). The Kier molecular flexibility index (Phi) is 5.40. The van der Waals surface area contributed by atoms with Gasteiger partial charge < -0.3 is 10.8 Å². The number of amides is 1. The second-order valence-corrected chi connectivity index (χ2v) is 5.80. The van der Waals surface area contributed by atoms with Crippen LogP contribution in [0.4, 0.5) is 0 Å². The van der Waals surface area contributed by atoms with Gasteiger partial charge in [0.1, 0.15) is 0 Å². The van der Waals surface area contributed by atoms with E-state index in [0.29, 0.717) is 17.0 Å². The second kappa shape index (κ2) is 7.29. The largest absolute Gasteiger partial charge is 0.481 e. The molecule has 0 heterocycles. The SMILES string of the molecule is CCC(C(=O)O)C(C(N)=O)c1ccc(-c2ccc(Cl)cc2)cc1. The molecule has 2 aromatic rings. The summed E-state index contributed by atoms with van der Waals surface area (Å²) in [7, 11) is 0. The van der Waals surface area contributed by atoms with Crippen LogP contribution in [-0.4, -0.2) is 17.0 Å². The fraction of sp³-hybridized carbons (Fsp3) is 0.222. The molecule has 3 N–H and O–H groups in total. The van der Waals surface area contributed by atoms with E-state index in [2.05, 4.69) is 0 Å². The zero-order valence-electron chi connectivity index (χ0n) is 12.7. The van der Waals surface area contributed by atoms with E-state index in [4.69, 9.17) is 17.3 Å². The van der Waals surface area contributed by atoms with E-state index in [0.717, 1.165) is 11.1 Å². The Morgan fingerprint density at radius 3 is 1.91 bits per heavy atom. The standard InChI is InChI=1S/C18H18ClNO3/c1-2-15(18(22)23)16(17(20)21)13-5-3-11(4-6-13)12-7-9-14(19)10-8-12/h3-10,15-16H,2H2,1H3,(H2,20,21)(H,22,23). The summed E-state index contributed by atoms with van der Waals surface area (Å²) < 4.78 is 0. The molecule has 0 radical (unpaired) electrons. The first-order valence-electron chi connectivity index (χ1n) is 7.32. The summed E-state index contributed by atoms with van der Waals surface area (Å²) >= 11 is 5.87. The Labute approximate surface area is 139 Å². The maximum Gasteiger partial charge on any atom is 0.307 e. The number of halogens is 1. The molecule has 0 bridgehead atoms. The molecule has 1 amide bonds. The molecule has 2 atom stereocenters. The van der Waals surface area contributed by atoms with E-state index in [9.17, 15) is 14.7 Å². The van der Waals surface area contributed by atoms with Gasteiger partial charge in [-0.15, -0.1) is 0 Å². The zero-order chi connectivity index (χ0) is 17.0. The van der Waals surface area contributed by atoms with Crippen LogP contribution < -0.4 is 5.73 Å². The first-order chi connectivity index (χ1) is 10.9. The third-order valence-corrected chi connectivity index (χ3v) is 4.17. The Hall–Kier alpha value is -2.33. The minimum absolute atomic E-state index is 0.335. The third kappa shape index (κ3) is 3.90. The minimum atomic E-state index is -1.02. The van der Waals surface area contributed by atoms with Crippen LogP contribution in [0.3, 0.4) is 0 Å². The molecule has 5 heteroatoms. The van der Waals surface area contributed by atoms with Gasteiger partial charge in [0.05, 0.1) is 11.8 Å². The van der Waals surface area contributed by atoms with Crippen molar-refractivity contribution in [2.45, 2.75) is 19.3 Å². The van der Waals surface area contributed by atoms with Crippen LogP contribution >= 0.6 is 11.6 Å². The molecule has 0 saturated carbocycles. The number of carboxylic acids is 1. The van der Waals surface area contributed by atoms with Gasteiger partial charge in [-0.1, -0.05) is 54.9 Å². The zero-order valence-corrected chi connectivity index (χ0v) is 13.5. The summed E-state index contributed by atoms with van der Waals surface area (Å²) in [5, 5.41) is 9.95. The highest BCUT2D eigenvalue weighted by molar-refractivity contribution is 6.30. The number of aliphatic carboxylic acids is 1. The minimum Gasteiger partial charge on any atom is -0.481 e. The molecule has 0 spiro atoms. The number of nitrogens with two attached hydrogens (primary N) is 1. The van der Waals surface area contributed by atoms with Crippen LogP contribution in [-0.2, 0) is 9.59 Å². The normalized spacial score (nSPS) is 13.3. The molecular formula is C18H18ClNO3. The fourth-order valence-corrected chi connectivity index (χ4v) is 2.80. The van der Waals surface area contributed by atoms with E-state index >= 15 is 0 Å². The number of hydrogen-bond donors (Lipinski definition) is 2. The number of carbonyl (C=O) groups is 2. The second-order valence-electron chi connectivity index (χ2n) is 5.36. The Morgan fingerprint density at radius 2 is 1.52 bits per heavy atom. The van der Waals surface area contributed by atoms with E-state index in [1.165, 1.54) is 0 Å². The average Bonchev–Trinajstić information content (AvgIpc) is 2.53. The number of primary amides is 1. The summed E-state index contributed by atoms with van der Waals surface area (Å²) in [4.78, 5) is 23.1. The maximum absolute atomic E-state index is 11.7. The van der Waals surface area contributed by atoms with Crippen LogP contribution in [0.5, 0.6) is 0 Å². The maximum atomic E-state index is 11.7. The molecular weight excluding hydrogens is 314 g/mol. The predicted molar refractivity (Wildman–Crippen MR) is 90.2 cm³/mol. The van der Waals surface area contributed by atoms with Crippen molar-refractivity contribution in [2.75, 3.05) is 0 Å². The van der Waals surface area contributed by atoms with Crippen molar-refractivity contribution in [3.63, 3.8) is 0 Å². The van der Waals surface area contributed by atoms with Crippen molar-refractivity contribution >= 4 is 23.5 Å². The van der Waals surface area contributed by atoms with Crippen LogP contribution in [0.1, 0.15) is 24.8 Å². The number of carbonyl (C=O) groups excluding carboxylic acids is 1. The quantitative estimate of drug-likeness (QED) is 0.847. The first-order valence-corrected chi connectivity index (χ1v) is 7.69. The molecule has 0 fully saturated rings. The lowest BCUT2D eigenvalue weighted by Crippen LogP contribution is -2.32. The van der Waals surface area contributed by atoms with Crippen LogP contribution in [0, 0.1) is 5.92 Å². The van der Waals surface area contributed by atoms with Gasteiger partial charge in [0.2, 0.25) is 5.91 Å². The summed E-state index contributed by atoms with van der Waals surface area (Å²) in [6, 6.07) is 14.6. The van der Waals surface area contributed by atoms with Gasteiger partial charge >= 0.3 is 5.97 Å². The predicted octanol–water partition coefficient (Wildman–Crippen LogP) is 3.69. The fourth-order valence-electron chi connectivity index (χ4n) is 2.67. The van der Waals surface area contributed by atoms with E-state index in [1.807, 2.05) is 24.3 Å². The topological polar surface area (TPSA) is 80.4 Å². The van der Waals surface area contributed by atoms with E-state index in [1.54, 1.807) is 31.2 Å². The van der Waals surface area contributed by atoms with Crippen LogP contribution in [0.2, 0.25) is 5.02 Å². The van der Waals surface area contributed by atoms with Gasteiger partial charge in [0.15, 0.2) is 0 Å². The van der Waals surface area contributed by atoms with Gasteiger partial charge in [-0.25, -0.2) is 0 Å². The van der Waals surface area contributed by atoms with Crippen molar-refractivity contribution in [3.05, 3.63) is 59.1 Å². The molecule has 120 valence electrons. The molecule has 4 nitrogen and oxygen atoms in total. The number of hydrogen-bond acceptors (Lipinski definition) is 2. The molecule has 2 unspecified atom stereocenters. The Bertz CT molecular complexity index is 695. The Morgan fingerprint density at radius 1 is 1.04 bits per heavy atom. The van der Waals surface area contributed by atoms with Crippen LogP contribution in [0.15, 0.2) is 48.5 Å². The number of rotatable bonds is 6. The lowest BCUT2D eigenvalue weighted by Gasteiger charge is -2.20. The molecule has 0 aliphatic heterocycles. The highest BCUT2D eigenvalue weighted by Gasteiger charge is 2.32. The molecule has 0 aromatic heterocycles. The van der Waals surface area contributed by atoms with Gasteiger partial charge in [0, 0.05) is 5.02 Å². The lowest BCUT2D eigenvalue weighted by molar-refractivity contribution is -0.144. The molecule has 23 heavy (non-hydrogen) atoms. The van der Waals surface area contributed by atoms with Gasteiger partial charge in [0.25, 0.3) is 0 Å². The van der Waals surface area contributed by atoms with Crippen molar-refractivity contribution < 1.29 is 14.7 Å². The van der Waals surface area contributed by atoms with Crippen LogP contribution in [0.25, 0.3) is 11.1 Å². The van der Waals surface area contributed by atoms with E-state index < -0.39 is 23.7 Å². The summed E-state index contributed by atoms with van der Waals surface area (Å²) in [5.41, 5.74) is 7.99. The molecule has 2 aromatic carbocycles. The van der Waals surface area contributed by atoms with Crippen molar-refractivity contribution in [2.24, 2.45) is 11.7 Å². The summed E-state index contributed by atoms with van der Waals surface area (Å²) in [6.07, 6.45) is 0.335. The highest BCUT2D eigenvalue weighted by Crippen LogP contribution is 2.30. The van der Waals surface area contributed by atoms with Crippen molar-refractivity contribution in [1.82, 2.24) is 0 Å². The smallest absolute Gasteiger partial charge is 0.307 e. The van der Waals surface area contributed by atoms with Gasteiger partial charge in [-0.05, 0) is 35.2 Å². The first kappa shape index (κ1) is 17.0. The Balaban J connectivity index is 2.34. The lowest BCUT2D eigenvalue weighted by atomic mass is 9.83. The van der Waals surface area contributed by atoms with E-state index in [-0.39, 0.29) is 0 Å². The highest BCUT2D eigenvalue weighted by atomic mass is 35.5. The van der Waals surface area contributed by atoms with Crippen molar-refractivity contribution in [3.8, 4) is 11.1 Å². The third-order valence-electron chi connectivity index (χ3n) is 3.91. The monoisotopic (exact) mass is 331 g/mol. The molecule has 0 aliphatic carbocycles. The number of benzene rings is 2. The van der Waals surface area contributed by atoms with Gasteiger partial charge in [-0.2, -0.15) is 0 Å². The summed E-state index contributed by atoms with van der Waals surface area (Å²) in [6.45, 7) is 1.73.